The van der Waals surface area contributed by atoms with Gasteiger partial charge in [-0.15, -0.1) is 0 Å². The second-order valence-corrected chi connectivity index (χ2v) is 8.99. The van der Waals surface area contributed by atoms with Crippen LogP contribution in [0.3, 0.4) is 0 Å². The van der Waals surface area contributed by atoms with E-state index >= 15 is 0 Å². The Kier molecular flexibility index (Phi) is 5.11. The number of nitrogens with one attached hydrogen (secondary N) is 2. The maximum atomic E-state index is 13.3. The third-order valence-electron chi connectivity index (χ3n) is 4.53. The number of amides is 1. The summed E-state index contributed by atoms with van der Waals surface area (Å²) in [5, 5.41) is 2.65. The van der Waals surface area contributed by atoms with Crippen molar-refractivity contribution in [3.8, 4) is 0 Å². The van der Waals surface area contributed by atoms with E-state index in [2.05, 4.69) is 10.0 Å². The predicted octanol–water partition coefficient (Wildman–Crippen LogP) is 2.04. The maximum Gasteiger partial charge on any atom is 0.272 e. The first-order chi connectivity index (χ1) is 12.6. The fourth-order valence-electron chi connectivity index (χ4n) is 2.73. The van der Waals surface area contributed by atoms with Crippen molar-refractivity contribution in [3.63, 3.8) is 0 Å². The summed E-state index contributed by atoms with van der Waals surface area (Å²) < 4.78 is 47.5. The van der Waals surface area contributed by atoms with Gasteiger partial charge in [-0.3, -0.25) is 4.79 Å². The van der Waals surface area contributed by atoms with E-state index in [0.29, 0.717) is 24.5 Å². The van der Waals surface area contributed by atoms with Crippen LogP contribution in [-0.4, -0.2) is 38.7 Å². The quantitative estimate of drug-likeness (QED) is 0.783. The van der Waals surface area contributed by atoms with E-state index in [1.54, 1.807) is 14.0 Å². The lowest BCUT2D eigenvalue weighted by atomic mass is 9.89. The van der Waals surface area contributed by atoms with Crippen molar-refractivity contribution in [3.05, 3.63) is 47.5 Å². The normalized spacial score (nSPS) is 16.0. The molecule has 1 aliphatic heterocycles. The molecule has 0 bridgehead atoms. The van der Waals surface area contributed by atoms with Crippen molar-refractivity contribution in [2.75, 3.05) is 25.1 Å². The maximum absolute atomic E-state index is 13.3. The molecule has 1 aromatic heterocycles. The largest absolute Gasteiger partial charge is 0.380 e. The third-order valence-corrected chi connectivity index (χ3v) is 5.90. The van der Waals surface area contributed by atoms with E-state index in [9.17, 15) is 17.6 Å². The van der Waals surface area contributed by atoms with Crippen LogP contribution in [0.4, 0.5) is 10.1 Å². The van der Waals surface area contributed by atoms with E-state index in [1.807, 2.05) is 6.92 Å². The van der Waals surface area contributed by atoms with Gasteiger partial charge in [0.25, 0.3) is 5.91 Å². The Morgan fingerprint density at radius 3 is 2.63 bits per heavy atom. The predicted molar refractivity (Wildman–Crippen MR) is 98.6 cm³/mol. The minimum atomic E-state index is -3.75. The lowest BCUT2D eigenvalue weighted by Crippen LogP contribution is -2.48. The van der Waals surface area contributed by atoms with Crippen LogP contribution in [0.15, 0.2) is 35.4 Å². The fourth-order valence-corrected chi connectivity index (χ4v) is 4.00. The second kappa shape index (κ2) is 7.06. The van der Waals surface area contributed by atoms with Gasteiger partial charge in [-0.25, -0.2) is 17.5 Å². The van der Waals surface area contributed by atoms with Gasteiger partial charge in [0, 0.05) is 30.9 Å². The van der Waals surface area contributed by atoms with Crippen LogP contribution in [0.2, 0.25) is 0 Å². The summed E-state index contributed by atoms with van der Waals surface area (Å²) in [5.41, 5.74) is 0.805. The molecule has 2 aromatic rings. The zero-order valence-corrected chi connectivity index (χ0v) is 16.2. The molecule has 3 rings (SSSR count). The van der Waals surface area contributed by atoms with Gasteiger partial charge < -0.3 is 14.6 Å². The molecule has 0 radical (unpaired) electrons. The molecule has 7 nitrogen and oxygen atoms in total. The molecule has 1 aromatic carbocycles. The summed E-state index contributed by atoms with van der Waals surface area (Å²) in [6.07, 6.45) is 1.38. The van der Waals surface area contributed by atoms with E-state index in [1.165, 1.54) is 35.0 Å². The lowest BCUT2D eigenvalue weighted by Gasteiger charge is -2.37. The minimum Gasteiger partial charge on any atom is -0.380 e. The molecule has 0 aliphatic carbocycles. The van der Waals surface area contributed by atoms with Crippen LogP contribution < -0.4 is 10.0 Å². The Morgan fingerprint density at radius 1 is 1.33 bits per heavy atom. The zero-order valence-electron chi connectivity index (χ0n) is 15.4. The molecule has 1 saturated heterocycles. The Hall–Kier alpha value is -2.23. The summed E-state index contributed by atoms with van der Waals surface area (Å²) in [7, 11) is -2.16. The molecule has 2 heterocycles. The number of anilines is 1. The lowest BCUT2D eigenvalue weighted by molar-refractivity contribution is -0.0965. The Morgan fingerprint density at radius 2 is 2.04 bits per heavy atom. The van der Waals surface area contributed by atoms with Crippen molar-refractivity contribution in [2.24, 2.45) is 12.5 Å². The molecule has 1 fully saturated rings. The highest BCUT2D eigenvalue weighted by Gasteiger charge is 2.35. The van der Waals surface area contributed by atoms with Crippen LogP contribution in [0.25, 0.3) is 0 Å². The molecule has 9 heteroatoms. The first-order valence-corrected chi connectivity index (χ1v) is 9.89. The van der Waals surface area contributed by atoms with Crippen molar-refractivity contribution < 1.29 is 22.3 Å². The summed E-state index contributed by atoms with van der Waals surface area (Å²) >= 11 is 0. The van der Waals surface area contributed by atoms with Crippen LogP contribution in [0.1, 0.15) is 23.0 Å². The van der Waals surface area contributed by atoms with E-state index in [0.717, 1.165) is 0 Å². The smallest absolute Gasteiger partial charge is 0.272 e. The van der Waals surface area contributed by atoms with Crippen molar-refractivity contribution in [1.82, 2.24) is 9.29 Å². The molecule has 0 spiro atoms. The van der Waals surface area contributed by atoms with Gasteiger partial charge in [0.2, 0.25) is 10.0 Å². The molecule has 1 aliphatic rings. The number of ether oxygens (including phenoxy) is 1. The molecule has 0 unspecified atom stereocenters. The average molecular weight is 395 g/mol. The second-order valence-electron chi connectivity index (χ2n) is 7.22. The molecule has 0 saturated carbocycles. The highest BCUT2D eigenvalue weighted by molar-refractivity contribution is 7.89. The number of sulfonamides is 1. The number of hydrogen-bond acceptors (Lipinski definition) is 4. The molecular formula is C18H22FN3O4S. The van der Waals surface area contributed by atoms with Gasteiger partial charge in [-0.2, -0.15) is 0 Å². The summed E-state index contributed by atoms with van der Waals surface area (Å²) in [6, 6.07) is 5.54. The number of hydrogen-bond donors (Lipinski definition) is 2. The molecule has 1 amide bonds. The van der Waals surface area contributed by atoms with Crippen molar-refractivity contribution in [1.29, 1.82) is 0 Å². The number of aryl methyl sites for hydroxylation is 2. The number of aromatic nitrogens is 1. The number of benzene rings is 1. The summed E-state index contributed by atoms with van der Waals surface area (Å²) in [5.74, 6) is -0.846. The monoisotopic (exact) mass is 395 g/mol. The third kappa shape index (κ3) is 4.20. The Bertz CT molecular complexity index is 980. The van der Waals surface area contributed by atoms with Gasteiger partial charge in [0.15, 0.2) is 0 Å². The van der Waals surface area contributed by atoms with Crippen LogP contribution in [-0.2, 0) is 21.8 Å². The van der Waals surface area contributed by atoms with Gasteiger partial charge in [-0.05, 0) is 36.8 Å². The Balaban J connectivity index is 1.74. The van der Waals surface area contributed by atoms with Crippen LogP contribution >= 0.6 is 0 Å². The van der Waals surface area contributed by atoms with E-state index in [4.69, 9.17) is 4.74 Å². The fraction of sp³-hybridized carbons (Fsp3) is 0.389. The molecule has 27 heavy (non-hydrogen) atoms. The molecule has 146 valence electrons. The number of halogens is 1. The van der Waals surface area contributed by atoms with Gasteiger partial charge >= 0.3 is 0 Å². The zero-order chi connectivity index (χ0) is 19.8. The van der Waals surface area contributed by atoms with Gasteiger partial charge in [0.05, 0.1) is 13.2 Å². The molecule has 2 N–H and O–H groups in total. The topological polar surface area (TPSA) is 89.4 Å². The SMILES string of the molecule is Cc1cc(NC(=O)c2cc(S(=O)(=O)NCC3(C)COC3)cn2C)ccc1F. The van der Waals surface area contributed by atoms with Crippen molar-refractivity contribution >= 4 is 21.6 Å². The average Bonchev–Trinajstić information content (AvgIpc) is 2.97. The first kappa shape index (κ1) is 19.5. The summed E-state index contributed by atoms with van der Waals surface area (Å²) in [4.78, 5) is 12.5. The number of carbonyl (C=O) groups is 1. The first-order valence-electron chi connectivity index (χ1n) is 8.41. The Labute approximate surface area is 157 Å². The van der Waals surface area contributed by atoms with Gasteiger partial charge in [-0.1, -0.05) is 6.92 Å². The minimum absolute atomic E-state index is 0.00859. The van der Waals surface area contributed by atoms with Crippen molar-refractivity contribution in [2.45, 2.75) is 18.7 Å². The standard InChI is InChI=1S/C18H22FN3O4S/c1-12-6-13(4-5-15(12)19)21-17(23)16-7-14(8-22(16)3)27(24,25)20-9-18(2)10-26-11-18/h4-8,20H,9-11H2,1-3H3,(H,21,23). The van der Waals surface area contributed by atoms with Crippen LogP contribution in [0.5, 0.6) is 0 Å². The van der Waals surface area contributed by atoms with E-state index in [-0.39, 0.29) is 28.4 Å². The molecular weight excluding hydrogens is 373 g/mol. The number of rotatable bonds is 6. The van der Waals surface area contributed by atoms with Crippen LogP contribution in [0, 0.1) is 18.2 Å². The molecule has 0 atom stereocenters. The summed E-state index contributed by atoms with van der Waals surface area (Å²) in [6.45, 7) is 4.82. The number of carbonyl (C=O) groups excluding carboxylic acids is 1. The van der Waals surface area contributed by atoms with Gasteiger partial charge in [0.1, 0.15) is 16.4 Å². The highest BCUT2D eigenvalue weighted by Crippen LogP contribution is 2.26. The van der Waals surface area contributed by atoms with E-state index < -0.39 is 15.9 Å². The number of nitrogens with zero attached hydrogens (tertiary/aromatic N) is 1. The highest BCUT2D eigenvalue weighted by atomic mass is 32.2.